The topological polar surface area (TPSA) is 450 Å². The minimum atomic E-state index is -5.29. The number of aliphatic hydroxyl groups is 2. The van der Waals surface area contributed by atoms with Gasteiger partial charge in [-0.2, -0.15) is 25.3 Å². The number of hydrogen-bond acceptors (Lipinski definition) is 22. The number of H-pyrrole nitrogens is 1. The maximum absolute atomic E-state index is 13.7. The van der Waals surface area contributed by atoms with Gasteiger partial charge in [0.2, 0.25) is 0 Å². The zero-order valence-corrected chi connectivity index (χ0v) is 38.0. The second-order valence-corrected chi connectivity index (χ2v) is 18.1. The number of phenolic OH excluding ortho intramolecular Hbond substituents is 1. The molecule has 1 aromatic heterocycles. The van der Waals surface area contributed by atoms with E-state index in [0.29, 0.717) is 6.07 Å². The van der Waals surface area contributed by atoms with Crippen LogP contribution in [0.5, 0.6) is 23.0 Å². The van der Waals surface area contributed by atoms with Gasteiger partial charge in [0.1, 0.15) is 73.6 Å². The number of benzene rings is 5. The number of carbonyl (C=O) groups is 1. The Kier molecular flexibility index (Phi) is 14.8. The van der Waals surface area contributed by atoms with Crippen molar-refractivity contribution in [2.75, 3.05) is 33.5 Å². The molecule has 0 aliphatic carbocycles. The number of nitrogens with zero attached hydrogens (tertiary/aromatic N) is 8. The molecule has 0 saturated carbocycles. The van der Waals surface area contributed by atoms with Gasteiger partial charge < -0.3 is 35.3 Å². The van der Waals surface area contributed by atoms with E-state index in [4.69, 9.17) is 19.9 Å². The summed E-state index contributed by atoms with van der Waals surface area (Å²) in [6.45, 7) is -0.635. The van der Waals surface area contributed by atoms with Gasteiger partial charge in [-0.25, -0.2) is 4.68 Å². The molecule has 0 fully saturated rings. The smallest absolute Gasteiger partial charge is 0.299 e. The standard InChI is InChI=1S/C38H34N10O19S3/c1-18-11-24(27(65-2)17-30(18)68(56,57)58)42-45-35-34(37(39)52)46-47(38(35)53)20-3-5-22-19(12-20)13-32(70(62,63)64)33(36(22)51)44-43-26-16-28(66-9-7-49)25(15-29(26)67-10-8-50)41-40-23-6-4-21(48(54)55)14-31(23)69(59,60)61/h3-6,11-17,46,49-51H,7-10H2,1-2H3,(H2,39,52)(H,56,57,58)(H,59,60,61)(H,62,63,64). The molecule has 32 heteroatoms. The van der Waals surface area contributed by atoms with Crippen molar-refractivity contribution in [1.82, 2.24) is 9.78 Å². The van der Waals surface area contributed by atoms with Gasteiger partial charge in [0.05, 0.1) is 30.9 Å². The van der Waals surface area contributed by atoms with Crippen molar-refractivity contribution in [3.8, 4) is 28.7 Å². The molecule has 6 aromatic rings. The highest BCUT2D eigenvalue weighted by Gasteiger charge is 2.26. The van der Waals surface area contributed by atoms with E-state index in [9.17, 15) is 73.9 Å². The van der Waals surface area contributed by atoms with E-state index < -0.39 is 122 Å². The fourth-order valence-corrected chi connectivity index (χ4v) is 8.30. The Labute approximate surface area is 392 Å². The number of aromatic nitrogens is 2. The lowest BCUT2D eigenvalue weighted by Crippen LogP contribution is -2.14. The first-order valence-corrected chi connectivity index (χ1v) is 23.4. The molecular weight excluding hydrogens is 997 g/mol. The molecule has 9 N–H and O–H groups in total. The predicted octanol–water partition coefficient (Wildman–Crippen LogP) is 5.08. The molecule has 6 rings (SSSR count). The third-order valence-corrected chi connectivity index (χ3v) is 12.1. The Morgan fingerprint density at radius 2 is 1.26 bits per heavy atom. The van der Waals surface area contributed by atoms with E-state index in [0.717, 1.165) is 60.3 Å². The van der Waals surface area contributed by atoms with Crippen LogP contribution >= 0.6 is 0 Å². The first-order valence-electron chi connectivity index (χ1n) is 19.1. The normalized spacial score (nSPS) is 12.4. The largest absolute Gasteiger partial charge is 0.505 e. The molecule has 0 atom stereocenters. The van der Waals surface area contributed by atoms with Gasteiger partial charge in [-0.05, 0) is 54.3 Å². The summed E-state index contributed by atoms with van der Waals surface area (Å²) in [5, 5.41) is 67.1. The number of fused-ring (bicyclic) bond motifs is 1. The molecule has 0 saturated heterocycles. The fourth-order valence-electron chi connectivity index (χ4n) is 6.28. The monoisotopic (exact) mass is 1030 g/mol. The van der Waals surface area contributed by atoms with Crippen LogP contribution in [0.2, 0.25) is 0 Å². The summed E-state index contributed by atoms with van der Waals surface area (Å²) < 4.78 is 120. The zero-order valence-electron chi connectivity index (χ0n) is 35.5. The van der Waals surface area contributed by atoms with Crippen LogP contribution in [-0.2, 0) is 30.4 Å². The van der Waals surface area contributed by atoms with Gasteiger partial charge in [0.25, 0.3) is 47.5 Å². The average Bonchev–Trinajstić information content (AvgIpc) is 3.62. The van der Waals surface area contributed by atoms with E-state index in [2.05, 4.69) is 35.8 Å². The number of phenols is 1. The first-order chi connectivity index (χ1) is 32.9. The number of nitrogens with two attached hydrogens (primary N) is 1. The lowest BCUT2D eigenvalue weighted by atomic mass is 10.1. The number of nitrogens with one attached hydrogen (secondary N) is 1. The number of methoxy groups -OCH3 is 1. The Hall–Kier alpha value is -8.11. The Bertz CT molecular complexity index is 3610. The molecule has 0 spiro atoms. The highest BCUT2D eigenvalue weighted by molar-refractivity contribution is 7.86. The number of nitro benzene ring substituents is 1. The average molecular weight is 1030 g/mol. The summed E-state index contributed by atoms with van der Waals surface area (Å²) >= 11 is 0. The molecule has 1 heterocycles. The Balaban J connectivity index is 1.44. The van der Waals surface area contributed by atoms with Crippen LogP contribution < -0.4 is 25.5 Å². The van der Waals surface area contributed by atoms with Crippen LogP contribution in [0.3, 0.4) is 0 Å². The Morgan fingerprint density at radius 1 is 0.714 bits per heavy atom. The number of non-ortho nitro benzene ring substituents is 1. The maximum atomic E-state index is 13.7. The van der Waals surface area contributed by atoms with Crippen LogP contribution in [0.4, 0.5) is 39.8 Å². The van der Waals surface area contributed by atoms with E-state index in [1.165, 1.54) is 19.1 Å². The van der Waals surface area contributed by atoms with Crippen LogP contribution in [0, 0.1) is 17.0 Å². The van der Waals surface area contributed by atoms with Crippen LogP contribution in [0.1, 0.15) is 16.1 Å². The van der Waals surface area contributed by atoms with E-state index >= 15 is 0 Å². The van der Waals surface area contributed by atoms with E-state index in [-0.39, 0.29) is 56.3 Å². The quantitative estimate of drug-likeness (QED) is 0.0227. The molecule has 0 aliphatic heterocycles. The van der Waals surface area contributed by atoms with Crippen LogP contribution in [-0.4, -0.2) is 108 Å². The van der Waals surface area contributed by atoms with Crippen LogP contribution in [0.25, 0.3) is 16.5 Å². The highest BCUT2D eigenvalue weighted by Crippen LogP contribution is 2.45. The van der Waals surface area contributed by atoms with Gasteiger partial charge in [-0.1, -0.05) is 0 Å². The molecule has 368 valence electrons. The van der Waals surface area contributed by atoms with Crippen molar-refractivity contribution in [1.29, 1.82) is 0 Å². The number of nitro groups is 1. The lowest BCUT2D eigenvalue weighted by Gasteiger charge is -2.13. The minimum absolute atomic E-state index is 0.0158. The van der Waals surface area contributed by atoms with Crippen molar-refractivity contribution >= 4 is 86.8 Å². The molecule has 5 aromatic carbocycles. The number of aliphatic hydroxyl groups excluding tert-OH is 2. The number of primary amides is 1. The summed E-state index contributed by atoms with van der Waals surface area (Å²) in [5.41, 5.74) is 0.264. The molecule has 0 unspecified atom stereocenters. The van der Waals surface area contributed by atoms with Gasteiger partial charge in [0, 0.05) is 35.7 Å². The zero-order chi connectivity index (χ0) is 51.5. The molecule has 0 radical (unpaired) electrons. The summed E-state index contributed by atoms with van der Waals surface area (Å²) in [4.78, 5) is 34.0. The number of azo groups is 3. The molecular formula is C38H34N10O19S3. The highest BCUT2D eigenvalue weighted by atomic mass is 32.2. The SMILES string of the molecule is COc1cc(S(=O)(=O)O)c(C)cc1N=Nc1c(C(N)=O)[nH]n(-c2ccc3c(O)c(N=Nc4cc(OCCO)c(N=Nc5ccc([N+](=O)[O-])cc5S(=O)(=O)O)cc4OCCO)c(S(=O)(=O)O)cc3c2)c1=O. The minimum Gasteiger partial charge on any atom is -0.505 e. The second kappa shape index (κ2) is 20.2. The van der Waals surface area contributed by atoms with Crippen molar-refractivity contribution in [2.24, 2.45) is 36.4 Å². The van der Waals surface area contributed by atoms with Crippen molar-refractivity contribution in [3.63, 3.8) is 0 Å². The Morgan fingerprint density at radius 3 is 1.79 bits per heavy atom. The maximum Gasteiger partial charge on any atom is 0.299 e. The third-order valence-electron chi connectivity index (χ3n) is 9.39. The number of ether oxygens (including phenoxy) is 3. The van der Waals surface area contributed by atoms with Crippen molar-refractivity contribution in [3.05, 3.63) is 98.5 Å². The number of carbonyl (C=O) groups excluding carboxylic acids is 1. The van der Waals surface area contributed by atoms with Crippen molar-refractivity contribution < 1.29 is 78.2 Å². The van der Waals surface area contributed by atoms with Gasteiger partial charge in [-0.15, -0.1) is 30.7 Å². The van der Waals surface area contributed by atoms with Gasteiger partial charge in [0.15, 0.2) is 17.1 Å². The summed E-state index contributed by atoms with van der Waals surface area (Å²) in [5.74, 6) is -2.86. The fraction of sp³-hybridized carbons (Fsp3) is 0.158. The van der Waals surface area contributed by atoms with E-state index in [1.807, 2.05) is 0 Å². The molecule has 70 heavy (non-hydrogen) atoms. The molecule has 0 aliphatic rings. The number of rotatable bonds is 19. The summed E-state index contributed by atoms with van der Waals surface area (Å²) in [6.07, 6.45) is 0. The number of aryl methyl sites for hydroxylation is 1. The van der Waals surface area contributed by atoms with Gasteiger partial charge in [-0.3, -0.25) is 38.5 Å². The summed E-state index contributed by atoms with van der Waals surface area (Å²) in [7, 11) is -13.9. The predicted molar refractivity (Wildman–Crippen MR) is 238 cm³/mol. The number of hydrogen-bond donors (Lipinski definition) is 8. The van der Waals surface area contributed by atoms with E-state index in [1.54, 1.807) is 0 Å². The number of amides is 1. The number of aromatic amines is 1. The third kappa shape index (κ3) is 11.1. The molecule has 1 amide bonds. The van der Waals surface area contributed by atoms with Gasteiger partial charge >= 0.3 is 0 Å². The number of aromatic hydroxyl groups is 1. The first kappa shape index (κ1) is 51.3. The molecule has 0 bridgehead atoms. The lowest BCUT2D eigenvalue weighted by molar-refractivity contribution is -0.385. The second-order valence-electron chi connectivity index (χ2n) is 14.0. The summed E-state index contributed by atoms with van der Waals surface area (Å²) in [6, 6.07) is 10.9. The van der Waals surface area contributed by atoms with Crippen LogP contribution in [0.15, 0.2) is 117 Å². The molecule has 29 nitrogen and oxygen atoms in total. The van der Waals surface area contributed by atoms with Crippen molar-refractivity contribution in [2.45, 2.75) is 21.6 Å².